The molecule has 0 unspecified atom stereocenters. The van der Waals surface area contributed by atoms with Gasteiger partial charge in [-0.1, -0.05) is 24.3 Å². The summed E-state index contributed by atoms with van der Waals surface area (Å²) in [4.78, 5) is 0. The molecule has 0 amide bonds. The van der Waals surface area contributed by atoms with E-state index < -0.39 is 7.32 Å². The SMILES string of the molecule is C=CCc1ccc(OB(O)O)c(CC=C)c1CC=C. The smallest absolute Gasteiger partial charge is 0.512 e. The first-order valence-electron chi connectivity index (χ1n) is 6.13. The van der Waals surface area contributed by atoms with Crippen LogP contribution in [0.15, 0.2) is 50.1 Å². The fraction of sp³-hybridized carbons (Fsp3) is 0.200. The summed E-state index contributed by atoms with van der Waals surface area (Å²) in [6.45, 7) is 11.2. The Morgan fingerprint density at radius 1 is 0.947 bits per heavy atom. The van der Waals surface area contributed by atoms with Gasteiger partial charge in [-0.25, -0.2) is 0 Å². The molecular formula is C15H19BO3. The molecule has 3 nitrogen and oxygen atoms in total. The van der Waals surface area contributed by atoms with Crippen molar-refractivity contribution in [3.05, 3.63) is 66.8 Å². The molecule has 100 valence electrons. The Labute approximate surface area is 114 Å². The Balaban J connectivity index is 3.33. The van der Waals surface area contributed by atoms with Crippen LogP contribution in [0.4, 0.5) is 0 Å². The second-order valence-corrected chi connectivity index (χ2v) is 4.10. The van der Waals surface area contributed by atoms with E-state index in [-0.39, 0.29) is 0 Å². The number of hydrogen-bond donors (Lipinski definition) is 2. The predicted molar refractivity (Wildman–Crippen MR) is 79.0 cm³/mol. The van der Waals surface area contributed by atoms with Crippen molar-refractivity contribution in [2.45, 2.75) is 19.3 Å². The van der Waals surface area contributed by atoms with Crippen LogP contribution < -0.4 is 4.65 Å². The maximum absolute atomic E-state index is 8.96. The van der Waals surface area contributed by atoms with Crippen LogP contribution in [0.5, 0.6) is 5.75 Å². The molecule has 0 bridgehead atoms. The summed E-state index contributed by atoms with van der Waals surface area (Å²) in [5.41, 5.74) is 3.11. The van der Waals surface area contributed by atoms with Crippen molar-refractivity contribution >= 4 is 7.32 Å². The maximum Gasteiger partial charge on any atom is 0.707 e. The quantitative estimate of drug-likeness (QED) is 0.555. The van der Waals surface area contributed by atoms with Gasteiger partial charge in [0.1, 0.15) is 5.75 Å². The van der Waals surface area contributed by atoms with Crippen LogP contribution in [0.25, 0.3) is 0 Å². The molecular weight excluding hydrogens is 239 g/mol. The Kier molecular flexibility index (Phi) is 6.12. The third-order valence-electron chi connectivity index (χ3n) is 2.78. The van der Waals surface area contributed by atoms with Crippen molar-refractivity contribution in [3.8, 4) is 5.75 Å². The summed E-state index contributed by atoms with van der Waals surface area (Å²) in [6, 6.07) is 3.65. The van der Waals surface area contributed by atoms with Gasteiger partial charge in [0.05, 0.1) is 0 Å². The van der Waals surface area contributed by atoms with Gasteiger partial charge in [0.2, 0.25) is 0 Å². The first-order valence-corrected chi connectivity index (χ1v) is 6.13. The zero-order valence-electron chi connectivity index (χ0n) is 11.0. The van der Waals surface area contributed by atoms with Gasteiger partial charge in [-0.2, -0.15) is 0 Å². The molecule has 1 aromatic rings. The second-order valence-electron chi connectivity index (χ2n) is 4.10. The molecule has 19 heavy (non-hydrogen) atoms. The second kappa shape index (κ2) is 7.61. The molecule has 1 aromatic carbocycles. The van der Waals surface area contributed by atoms with Gasteiger partial charge in [0.15, 0.2) is 0 Å². The lowest BCUT2D eigenvalue weighted by Gasteiger charge is -2.17. The van der Waals surface area contributed by atoms with E-state index in [1.54, 1.807) is 12.1 Å². The summed E-state index contributed by atoms with van der Waals surface area (Å²) in [6.07, 6.45) is 7.43. The summed E-state index contributed by atoms with van der Waals surface area (Å²) < 4.78 is 5.02. The monoisotopic (exact) mass is 258 g/mol. The number of rotatable bonds is 8. The van der Waals surface area contributed by atoms with E-state index in [2.05, 4.69) is 19.7 Å². The van der Waals surface area contributed by atoms with Gasteiger partial charge in [0.25, 0.3) is 0 Å². The minimum absolute atomic E-state index is 0.458. The average molecular weight is 258 g/mol. The molecule has 0 aliphatic rings. The first-order chi connectivity index (χ1) is 9.13. The molecule has 0 saturated carbocycles. The summed E-state index contributed by atoms with van der Waals surface area (Å²) in [7, 11) is -1.83. The summed E-state index contributed by atoms with van der Waals surface area (Å²) in [5.74, 6) is 0.458. The Morgan fingerprint density at radius 2 is 1.53 bits per heavy atom. The highest BCUT2D eigenvalue weighted by molar-refractivity contribution is 6.33. The van der Waals surface area contributed by atoms with E-state index in [1.165, 1.54) is 0 Å². The van der Waals surface area contributed by atoms with Crippen molar-refractivity contribution in [1.29, 1.82) is 0 Å². The zero-order chi connectivity index (χ0) is 14.3. The van der Waals surface area contributed by atoms with Gasteiger partial charge >= 0.3 is 7.32 Å². The third-order valence-corrected chi connectivity index (χ3v) is 2.78. The summed E-state index contributed by atoms with van der Waals surface area (Å²) in [5, 5.41) is 17.9. The van der Waals surface area contributed by atoms with Crippen LogP contribution in [0.1, 0.15) is 16.7 Å². The minimum Gasteiger partial charge on any atom is -0.512 e. The van der Waals surface area contributed by atoms with Crippen molar-refractivity contribution in [2.24, 2.45) is 0 Å². The standard InChI is InChI=1S/C15H19BO3/c1-4-7-12-10-11-15(19-16(17)18)14(9-6-3)13(12)8-5-2/h4-6,10-11,17-18H,1-3,7-9H2. The third kappa shape index (κ3) is 4.12. The van der Waals surface area contributed by atoms with Crippen LogP contribution in [0.2, 0.25) is 0 Å². The van der Waals surface area contributed by atoms with Gasteiger partial charge in [0, 0.05) is 0 Å². The highest BCUT2D eigenvalue weighted by Crippen LogP contribution is 2.28. The minimum atomic E-state index is -1.83. The molecule has 0 heterocycles. The molecule has 0 aliphatic carbocycles. The molecule has 0 aliphatic heterocycles. The van der Waals surface area contributed by atoms with Crippen LogP contribution in [0.3, 0.4) is 0 Å². The molecule has 0 radical (unpaired) electrons. The van der Waals surface area contributed by atoms with Crippen molar-refractivity contribution < 1.29 is 14.7 Å². The number of allylic oxidation sites excluding steroid dienone is 3. The van der Waals surface area contributed by atoms with Crippen LogP contribution in [-0.2, 0) is 19.3 Å². The lowest BCUT2D eigenvalue weighted by atomic mass is 9.93. The van der Waals surface area contributed by atoms with E-state index in [9.17, 15) is 0 Å². The maximum atomic E-state index is 8.96. The predicted octanol–water partition coefficient (Wildman–Crippen LogP) is 2.22. The molecule has 0 atom stereocenters. The van der Waals surface area contributed by atoms with Crippen molar-refractivity contribution in [1.82, 2.24) is 0 Å². The van der Waals surface area contributed by atoms with Crippen molar-refractivity contribution in [2.75, 3.05) is 0 Å². The molecule has 0 aromatic heterocycles. The lowest BCUT2D eigenvalue weighted by Crippen LogP contribution is -2.21. The topological polar surface area (TPSA) is 49.7 Å². The van der Waals surface area contributed by atoms with Crippen LogP contribution in [-0.4, -0.2) is 17.4 Å². The lowest BCUT2D eigenvalue weighted by molar-refractivity contribution is 0.287. The van der Waals surface area contributed by atoms with Gasteiger partial charge in [-0.05, 0) is 42.0 Å². The Bertz CT molecular complexity index is 467. The van der Waals surface area contributed by atoms with Crippen LogP contribution >= 0.6 is 0 Å². The fourth-order valence-electron chi connectivity index (χ4n) is 2.06. The average Bonchev–Trinajstić information content (AvgIpc) is 2.36. The highest BCUT2D eigenvalue weighted by Gasteiger charge is 2.17. The largest absolute Gasteiger partial charge is 0.707 e. The van der Waals surface area contributed by atoms with Crippen molar-refractivity contribution in [3.63, 3.8) is 0 Å². The molecule has 2 N–H and O–H groups in total. The molecule has 0 spiro atoms. The van der Waals surface area contributed by atoms with E-state index in [0.717, 1.165) is 23.1 Å². The van der Waals surface area contributed by atoms with Gasteiger partial charge in [-0.3, -0.25) is 0 Å². The van der Waals surface area contributed by atoms with E-state index in [1.807, 2.05) is 18.2 Å². The van der Waals surface area contributed by atoms with Gasteiger partial charge in [-0.15, -0.1) is 19.7 Å². The fourth-order valence-corrected chi connectivity index (χ4v) is 2.06. The highest BCUT2D eigenvalue weighted by atomic mass is 16.6. The van der Waals surface area contributed by atoms with Crippen LogP contribution in [0, 0.1) is 0 Å². The molecule has 4 heteroatoms. The molecule has 0 fully saturated rings. The number of hydrogen-bond acceptors (Lipinski definition) is 3. The van der Waals surface area contributed by atoms with E-state index in [4.69, 9.17) is 14.7 Å². The van der Waals surface area contributed by atoms with Gasteiger partial charge < -0.3 is 14.7 Å². The first kappa shape index (κ1) is 15.3. The Hall–Kier alpha value is -1.78. The zero-order valence-corrected chi connectivity index (χ0v) is 11.0. The summed E-state index contributed by atoms with van der Waals surface area (Å²) >= 11 is 0. The Morgan fingerprint density at radius 3 is 2.05 bits per heavy atom. The normalized spacial score (nSPS) is 9.79. The molecule has 0 saturated heterocycles. The van der Waals surface area contributed by atoms with E-state index in [0.29, 0.717) is 18.6 Å². The van der Waals surface area contributed by atoms with E-state index >= 15 is 0 Å². The number of benzene rings is 1. The molecule has 1 rings (SSSR count).